The highest BCUT2D eigenvalue weighted by Crippen LogP contribution is 2.30. The van der Waals surface area contributed by atoms with Crippen LogP contribution in [0.3, 0.4) is 0 Å². The van der Waals surface area contributed by atoms with Crippen LogP contribution in [0.2, 0.25) is 0 Å². The minimum atomic E-state index is -0.214. The summed E-state index contributed by atoms with van der Waals surface area (Å²) in [6.45, 7) is 4.98. The van der Waals surface area contributed by atoms with E-state index in [9.17, 15) is 9.59 Å². The molecule has 0 radical (unpaired) electrons. The van der Waals surface area contributed by atoms with Gasteiger partial charge < -0.3 is 9.80 Å². The van der Waals surface area contributed by atoms with Crippen molar-refractivity contribution in [2.24, 2.45) is 5.92 Å². The molecule has 2 fully saturated rings. The maximum Gasteiger partial charge on any atom is 0.228 e. The lowest BCUT2D eigenvalue weighted by atomic mass is 10.1. The van der Waals surface area contributed by atoms with Crippen molar-refractivity contribution in [1.82, 2.24) is 9.80 Å². The third-order valence-electron chi connectivity index (χ3n) is 3.87. The van der Waals surface area contributed by atoms with E-state index in [1.54, 1.807) is 4.90 Å². The van der Waals surface area contributed by atoms with E-state index in [1.807, 2.05) is 18.7 Å². The monoisotopic (exact) mass is 263 g/mol. The summed E-state index contributed by atoms with van der Waals surface area (Å²) in [6, 6.07) is 2.55. The highest BCUT2D eigenvalue weighted by Gasteiger charge is 2.41. The van der Waals surface area contributed by atoms with E-state index >= 15 is 0 Å². The Labute approximate surface area is 114 Å². The summed E-state index contributed by atoms with van der Waals surface area (Å²) in [7, 11) is 0. The van der Waals surface area contributed by atoms with Crippen LogP contribution in [0.25, 0.3) is 0 Å². The van der Waals surface area contributed by atoms with Gasteiger partial charge in [-0.25, -0.2) is 0 Å². The van der Waals surface area contributed by atoms with Crippen molar-refractivity contribution >= 4 is 11.8 Å². The molecule has 1 aliphatic carbocycles. The van der Waals surface area contributed by atoms with Crippen LogP contribution in [0.5, 0.6) is 0 Å². The Bertz CT molecular complexity index is 409. The van der Waals surface area contributed by atoms with Crippen molar-refractivity contribution in [3.05, 3.63) is 0 Å². The molecule has 0 unspecified atom stereocenters. The normalized spacial score (nSPS) is 22.7. The van der Waals surface area contributed by atoms with Crippen LogP contribution in [0.1, 0.15) is 39.5 Å². The van der Waals surface area contributed by atoms with E-state index in [0.29, 0.717) is 32.0 Å². The van der Waals surface area contributed by atoms with Crippen LogP contribution < -0.4 is 0 Å². The van der Waals surface area contributed by atoms with Crippen molar-refractivity contribution in [1.29, 1.82) is 5.26 Å². The van der Waals surface area contributed by atoms with E-state index in [-0.39, 0.29) is 23.8 Å². The molecule has 0 bridgehead atoms. The number of carbonyl (C=O) groups excluding carboxylic acids is 2. The first-order chi connectivity index (χ1) is 9.04. The van der Waals surface area contributed by atoms with Crippen molar-refractivity contribution in [3.63, 3.8) is 0 Å². The first-order valence-electron chi connectivity index (χ1n) is 7.01. The quantitative estimate of drug-likeness (QED) is 0.747. The van der Waals surface area contributed by atoms with Gasteiger partial charge in [-0.15, -0.1) is 0 Å². The molecule has 0 aromatic heterocycles. The van der Waals surface area contributed by atoms with Crippen LogP contribution in [-0.2, 0) is 9.59 Å². The molecule has 1 aliphatic heterocycles. The molecule has 1 saturated carbocycles. The summed E-state index contributed by atoms with van der Waals surface area (Å²) >= 11 is 0. The number of hydrogen-bond acceptors (Lipinski definition) is 3. The zero-order valence-corrected chi connectivity index (χ0v) is 11.6. The summed E-state index contributed by atoms with van der Waals surface area (Å²) < 4.78 is 0. The van der Waals surface area contributed by atoms with Gasteiger partial charge in [-0.3, -0.25) is 9.59 Å². The fraction of sp³-hybridized carbons (Fsp3) is 0.786. The van der Waals surface area contributed by atoms with Gasteiger partial charge in [-0.2, -0.15) is 5.26 Å². The molecule has 0 aromatic carbocycles. The summed E-state index contributed by atoms with van der Waals surface area (Å²) in [6.07, 6.45) is 2.76. The second-order valence-corrected chi connectivity index (χ2v) is 5.71. The van der Waals surface area contributed by atoms with Gasteiger partial charge in [-0.05, 0) is 26.7 Å². The second kappa shape index (κ2) is 5.60. The van der Waals surface area contributed by atoms with E-state index in [1.165, 1.54) is 0 Å². The average molecular weight is 263 g/mol. The van der Waals surface area contributed by atoms with Crippen LogP contribution in [0.15, 0.2) is 0 Å². The van der Waals surface area contributed by atoms with Gasteiger partial charge in [0.2, 0.25) is 11.8 Å². The topological polar surface area (TPSA) is 64.4 Å². The molecule has 5 heteroatoms. The first kappa shape index (κ1) is 13.9. The Morgan fingerprint density at radius 2 is 2.21 bits per heavy atom. The predicted molar refractivity (Wildman–Crippen MR) is 69.9 cm³/mol. The maximum atomic E-state index is 12.5. The number of carbonyl (C=O) groups is 2. The number of rotatable bonds is 5. The summed E-state index contributed by atoms with van der Waals surface area (Å²) in [5, 5.41) is 8.67. The Morgan fingerprint density at radius 3 is 2.68 bits per heavy atom. The number of nitrogens with zero attached hydrogens (tertiary/aromatic N) is 3. The molecule has 104 valence electrons. The van der Waals surface area contributed by atoms with E-state index in [2.05, 4.69) is 6.07 Å². The smallest absolute Gasteiger partial charge is 0.228 e. The van der Waals surface area contributed by atoms with E-state index in [4.69, 9.17) is 5.26 Å². The molecule has 2 rings (SSSR count). The van der Waals surface area contributed by atoms with Gasteiger partial charge >= 0.3 is 0 Å². The molecule has 0 spiro atoms. The summed E-state index contributed by atoms with van der Waals surface area (Å²) in [4.78, 5) is 27.9. The van der Waals surface area contributed by atoms with Crippen LogP contribution in [-0.4, -0.2) is 46.8 Å². The van der Waals surface area contributed by atoms with E-state index < -0.39 is 0 Å². The standard InChI is InChI=1S/C14H21N3O2/c1-10(2)17-9-11(8-13(17)18)14(19)16(7-3-6-15)12-4-5-12/h10-12H,3-5,7-9H2,1-2H3/t11-/m0/s1. The van der Waals surface area contributed by atoms with Gasteiger partial charge in [-0.1, -0.05) is 0 Å². The number of likely N-dealkylation sites (tertiary alicyclic amines) is 1. The minimum Gasteiger partial charge on any atom is -0.339 e. The van der Waals surface area contributed by atoms with Gasteiger partial charge in [0, 0.05) is 31.6 Å². The molecular formula is C14H21N3O2. The maximum absolute atomic E-state index is 12.5. The molecule has 1 atom stereocenters. The Morgan fingerprint density at radius 1 is 1.53 bits per heavy atom. The fourth-order valence-corrected chi connectivity index (χ4v) is 2.66. The van der Waals surface area contributed by atoms with Crippen molar-refractivity contribution in [3.8, 4) is 6.07 Å². The van der Waals surface area contributed by atoms with Gasteiger partial charge in [0.25, 0.3) is 0 Å². The summed E-state index contributed by atoms with van der Waals surface area (Å²) in [5.74, 6) is -0.0761. The van der Waals surface area contributed by atoms with Crippen LogP contribution in [0, 0.1) is 17.2 Å². The van der Waals surface area contributed by atoms with Gasteiger partial charge in [0.05, 0.1) is 18.4 Å². The molecular weight excluding hydrogens is 242 g/mol. The lowest BCUT2D eigenvalue weighted by Crippen LogP contribution is -2.40. The SMILES string of the molecule is CC(C)N1C[C@@H](C(=O)N(CCC#N)C2CC2)CC1=O. The zero-order chi connectivity index (χ0) is 14.0. The largest absolute Gasteiger partial charge is 0.339 e. The Kier molecular flexibility index (Phi) is 4.08. The summed E-state index contributed by atoms with van der Waals surface area (Å²) in [5.41, 5.74) is 0. The Hall–Kier alpha value is -1.57. The van der Waals surface area contributed by atoms with Gasteiger partial charge in [0.15, 0.2) is 0 Å². The highest BCUT2D eigenvalue weighted by atomic mass is 16.2. The van der Waals surface area contributed by atoms with Crippen molar-refractivity contribution in [2.75, 3.05) is 13.1 Å². The molecule has 0 N–H and O–H groups in total. The third-order valence-corrected chi connectivity index (χ3v) is 3.87. The van der Waals surface area contributed by atoms with Crippen LogP contribution >= 0.6 is 0 Å². The molecule has 2 amide bonds. The molecule has 2 aliphatic rings. The Balaban J connectivity index is 1.99. The van der Waals surface area contributed by atoms with Crippen LogP contribution in [0.4, 0.5) is 0 Å². The number of amides is 2. The lowest BCUT2D eigenvalue weighted by Gasteiger charge is -2.25. The molecule has 19 heavy (non-hydrogen) atoms. The van der Waals surface area contributed by atoms with Gasteiger partial charge in [0.1, 0.15) is 0 Å². The fourth-order valence-electron chi connectivity index (χ4n) is 2.66. The van der Waals surface area contributed by atoms with Crippen molar-refractivity contribution in [2.45, 2.75) is 51.6 Å². The lowest BCUT2D eigenvalue weighted by molar-refractivity contribution is -0.136. The molecule has 5 nitrogen and oxygen atoms in total. The number of nitriles is 1. The first-order valence-corrected chi connectivity index (χ1v) is 7.01. The molecule has 1 saturated heterocycles. The minimum absolute atomic E-state index is 0.0641. The zero-order valence-electron chi connectivity index (χ0n) is 11.6. The molecule has 0 aromatic rings. The third kappa shape index (κ3) is 3.06. The second-order valence-electron chi connectivity index (χ2n) is 5.71. The number of hydrogen-bond donors (Lipinski definition) is 0. The van der Waals surface area contributed by atoms with Crippen molar-refractivity contribution < 1.29 is 9.59 Å². The highest BCUT2D eigenvalue weighted by molar-refractivity contribution is 5.89. The van der Waals surface area contributed by atoms with E-state index in [0.717, 1.165) is 12.8 Å². The molecule has 1 heterocycles. The average Bonchev–Trinajstić information content (AvgIpc) is 3.11. The predicted octanol–water partition coefficient (Wildman–Crippen LogP) is 1.15.